The van der Waals surface area contributed by atoms with Crippen molar-refractivity contribution in [2.24, 2.45) is 0 Å². The number of H-pyrrole nitrogens is 1. The zero-order valence-corrected chi connectivity index (χ0v) is 8.82. The van der Waals surface area contributed by atoms with Gasteiger partial charge in [-0.15, -0.1) is 0 Å². The number of hydrogen-bond acceptors (Lipinski definition) is 4. The molecule has 80 valence electrons. The predicted octanol–water partition coefficient (Wildman–Crippen LogP) is 1.04. The number of ether oxygens (including phenoxy) is 1. The van der Waals surface area contributed by atoms with Gasteiger partial charge in [0, 0.05) is 7.11 Å². The van der Waals surface area contributed by atoms with Crippen LogP contribution in [0.2, 0.25) is 0 Å². The molecule has 0 radical (unpaired) electrons. The van der Waals surface area contributed by atoms with Gasteiger partial charge in [0.05, 0.1) is 5.60 Å². The van der Waals surface area contributed by atoms with Crippen LogP contribution in [-0.4, -0.2) is 33.0 Å². The average Bonchev–Trinajstić information content (AvgIpc) is 2.67. The summed E-state index contributed by atoms with van der Waals surface area (Å²) in [7, 11) is 1.67. The molecule has 0 aromatic carbocycles. The van der Waals surface area contributed by atoms with Gasteiger partial charge in [-0.2, -0.15) is 5.10 Å². The number of rotatable bonds is 5. The molecular weight excluding hydrogens is 182 g/mol. The van der Waals surface area contributed by atoms with Crippen LogP contribution in [0.4, 0.5) is 0 Å². The topological polar surface area (TPSA) is 71.0 Å². The van der Waals surface area contributed by atoms with Gasteiger partial charge in [-0.3, -0.25) is 5.10 Å². The number of methoxy groups -OCH3 is 1. The maximum Gasteiger partial charge on any atom is 0.153 e. The summed E-state index contributed by atoms with van der Waals surface area (Å²) in [6, 6.07) is 0. The van der Waals surface area contributed by atoms with Gasteiger partial charge in [0.25, 0.3) is 0 Å². The molecular formula is C9H17N3O2. The van der Waals surface area contributed by atoms with Crippen molar-refractivity contribution in [3.63, 3.8) is 0 Å². The smallest absolute Gasteiger partial charge is 0.153 e. The second-order valence-electron chi connectivity index (χ2n) is 3.89. The van der Waals surface area contributed by atoms with E-state index in [9.17, 15) is 5.11 Å². The molecule has 0 saturated heterocycles. The quantitative estimate of drug-likeness (QED) is 0.743. The Morgan fingerprint density at radius 1 is 1.64 bits per heavy atom. The number of aromatic amines is 1. The maximum atomic E-state index is 9.68. The third kappa shape index (κ3) is 3.08. The van der Waals surface area contributed by atoms with E-state index in [4.69, 9.17) is 4.74 Å². The van der Waals surface area contributed by atoms with Crippen LogP contribution < -0.4 is 0 Å². The molecule has 0 amide bonds. The van der Waals surface area contributed by atoms with Crippen LogP contribution in [0.15, 0.2) is 6.33 Å². The molecule has 5 heteroatoms. The minimum Gasteiger partial charge on any atom is -0.385 e. The molecule has 1 heterocycles. The van der Waals surface area contributed by atoms with E-state index in [2.05, 4.69) is 15.2 Å². The summed E-state index contributed by atoms with van der Waals surface area (Å²) < 4.78 is 5.25. The summed E-state index contributed by atoms with van der Waals surface area (Å²) in [4.78, 5) is 3.89. The first-order valence-corrected chi connectivity index (χ1v) is 4.63. The Kier molecular flexibility index (Phi) is 3.60. The van der Waals surface area contributed by atoms with Gasteiger partial charge in [0.15, 0.2) is 5.82 Å². The molecule has 0 saturated carbocycles. The van der Waals surface area contributed by atoms with Gasteiger partial charge in [0.2, 0.25) is 0 Å². The van der Waals surface area contributed by atoms with E-state index >= 15 is 0 Å². The Bertz CT molecular complexity index is 259. The van der Waals surface area contributed by atoms with Gasteiger partial charge >= 0.3 is 0 Å². The van der Waals surface area contributed by atoms with Crippen LogP contribution >= 0.6 is 0 Å². The molecule has 0 aliphatic rings. The molecule has 1 aromatic rings. The van der Waals surface area contributed by atoms with E-state index in [1.54, 1.807) is 7.11 Å². The SMILES string of the molecule is COC(C)(C)CCC(O)c1ncn[nH]1. The van der Waals surface area contributed by atoms with Crippen molar-refractivity contribution in [1.82, 2.24) is 15.2 Å². The minimum absolute atomic E-state index is 0.207. The Labute approximate surface area is 83.5 Å². The fourth-order valence-electron chi connectivity index (χ4n) is 1.10. The van der Waals surface area contributed by atoms with Crippen molar-refractivity contribution >= 4 is 0 Å². The highest BCUT2D eigenvalue weighted by Gasteiger charge is 2.19. The standard InChI is InChI=1S/C9H17N3O2/c1-9(2,14-3)5-4-7(13)8-10-6-11-12-8/h6-7,13H,4-5H2,1-3H3,(H,10,11,12). The van der Waals surface area contributed by atoms with Crippen LogP contribution in [-0.2, 0) is 4.74 Å². The molecule has 1 atom stereocenters. The third-order valence-electron chi connectivity index (χ3n) is 2.32. The maximum absolute atomic E-state index is 9.68. The molecule has 0 aliphatic carbocycles. The average molecular weight is 199 g/mol. The van der Waals surface area contributed by atoms with Crippen molar-refractivity contribution in [2.45, 2.75) is 38.4 Å². The monoisotopic (exact) mass is 199 g/mol. The number of aromatic nitrogens is 3. The number of nitrogens with zero attached hydrogens (tertiary/aromatic N) is 2. The van der Waals surface area contributed by atoms with Gasteiger partial charge < -0.3 is 9.84 Å². The highest BCUT2D eigenvalue weighted by atomic mass is 16.5. The Hall–Kier alpha value is -0.940. The second kappa shape index (κ2) is 4.52. The fourth-order valence-corrected chi connectivity index (χ4v) is 1.10. The molecule has 0 spiro atoms. The Balaban J connectivity index is 2.39. The van der Waals surface area contributed by atoms with Gasteiger partial charge in [-0.25, -0.2) is 4.98 Å². The first-order valence-electron chi connectivity index (χ1n) is 4.63. The van der Waals surface area contributed by atoms with Crippen molar-refractivity contribution < 1.29 is 9.84 Å². The number of hydrogen-bond donors (Lipinski definition) is 2. The predicted molar refractivity (Wildman–Crippen MR) is 51.7 cm³/mol. The molecule has 1 unspecified atom stereocenters. The summed E-state index contributed by atoms with van der Waals surface area (Å²) in [6.45, 7) is 3.97. The van der Waals surface area contributed by atoms with Crippen LogP contribution in [0.5, 0.6) is 0 Å². The van der Waals surface area contributed by atoms with Crippen molar-refractivity contribution in [3.05, 3.63) is 12.2 Å². The second-order valence-corrected chi connectivity index (χ2v) is 3.89. The molecule has 1 aromatic heterocycles. The van der Waals surface area contributed by atoms with Crippen molar-refractivity contribution in [3.8, 4) is 0 Å². The molecule has 0 aliphatic heterocycles. The lowest BCUT2D eigenvalue weighted by molar-refractivity contribution is 0.00202. The zero-order chi connectivity index (χ0) is 10.6. The Morgan fingerprint density at radius 2 is 2.36 bits per heavy atom. The molecule has 14 heavy (non-hydrogen) atoms. The van der Waals surface area contributed by atoms with Crippen molar-refractivity contribution in [1.29, 1.82) is 0 Å². The lowest BCUT2D eigenvalue weighted by atomic mass is 10.00. The lowest BCUT2D eigenvalue weighted by Gasteiger charge is -2.23. The summed E-state index contributed by atoms with van der Waals surface area (Å²) in [5, 5.41) is 16.0. The number of aliphatic hydroxyl groups is 1. The van der Waals surface area contributed by atoms with Crippen LogP contribution in [0.1, 0.15) is 38.6 Å². The van der Waals surface area contributed by atoms with Crippen LogP contribution in [0.25, 0.3) is 0 Å². The van der Waals surface area contributed by atoms with E-state index in [1.807, 2.05) is 13.8 Å². The largest absolute Gasteiger partial charge is 0.385 e. The highest BCUT2D eigenvalue weighted by Crippen LogP contribution is 2.21. The van der Waals surface area contributed by atoms with Crippen molar-refractivity contribution in [2.75, 3.05) is 7.11 Å². The van der Waals surface area contributed by atoms with E-state index in [0.29, 0.717) is 12.2 Å². The summed E-state index contributed by atoms with van der Waals surface area (Å²) in [5.41, 5.74) is -0.207. The third-order valence-corrected chi connectivity index (χ3v) is 2.32. The van der Waals surface area contributed by atoms with E-state index < -0.39 is 6.10 Å². The molecule has 0 bridgehead atoms. The molecule has 1 rings (SSSR count). The fraction of sp³-hybridized carbons (Fsp3) is 0.778. The van der Waals surface area contributed by atoms with Gasteiger partial charge in [-0.05, 0) is 26.7 Å². The van der Waals surface area contributed by atoms with Gasteiger partial charge in [-0.1, -0.05) is 0 Å². The van der Waals surface area contributed by atoms with E-state index in [-0.39, 0.29) is 5.60 Å². The minimum atomic E-state index is -0.591. The molecule has 5 nitrogen and oxygen atoms in total. The Morgan fingerprint density at radius 3 is 2.86 bits per heavy atom. The summed E-state index contributed by atoms with van der Waals surface area (Å²) in [6.07, 6.45) is 2.17. The lowest BCUT2D eigenvalue weighted by Crippen LogP contribution is -2.23. The van der Waals surface area contributed by atoms with Crippen LogP contribution in [0.3, 0.4) is 0 Å². The highest BCUT2D eigenvalue weighted by molar-refractivity contribution is 4.87. The zero-order valence-electron chi connectivity index (χ0n) is 8.82. The van der Waals surface area contributed by atoms with Gasteiger partial charge in [0.1, 0.15) is 12.4 Å². The molecule has 0 fully saturated rings. The van der Waals surface area contributed by atoms with E-state index in [1.165, 1.54) is 6.33 Å². The summed E-state index contributed by atoms with van der Waals surface area (Å²) in [5.74, 6) is 0.511. The first kappa shape index (κ1) is 11.1. The number of nitrogens with one attached hydrogen (secondary N) is 1. The van der Waals surface area contributed by atoms with Crippen LogP contribution in [0, 0.1) is 0 Å². The molecule has 2 N–H and O–H groups in total. The normalized spacial score (nSPS) is 14.3. The summed E-state index contributed by atoms with van der Waals surface area (Å²) >= 11 is 0. The number of aliphatic hydroxyl groups excluding tert-OH is 1. The van der Waals surface area contributed by atoms with E-state index in [0.717, 1.165) is 6.42 Å². The first-order chi connectivity index (χ1) is 6.55.